The number of likely N-dealkylation sites (N-methyl/N-ethyl adjacent to an activating group) is 1. The first kappa shape index (κ1) is 11.0. The van der Waals surface area contributed by atoms with Gasteiger partial charge in [-0.15, -0.1) is 0 Å². The van der Waals surface area contributed by atoms with Gasteiger partial charge in [-0.3, -0.25) is 4.90 Å². The van der Waals surface area contributed by atoms with E-state index < -0.39 is 0 Å². The topological polar surface area (TPSA) is 15.3 Å². The highest BCUT2D eigenvalue weighted by Gasteiger charge is 2.38. The molecule has 2 nitrogen and oxygen atoms in total. The molecule has 1 aliphatic carbocycles. The molecule has 0 aromatic rings. The first-order valence-corrected chi connectivity index (χ1v) is 5.75. The van der Waals surface area contributed by atoms with Gasteiger partial charge in [0.05, 0.1) is 0 Å². The van der Waals surface area contributed by atoms with Crippen molar-refractivity contribution in [3.8, 4) is 0 Å². The van der Waals surface area contributed by atoms with Gasteiger partial charge in [0.1, 0.15) is 0 Å². The maximum atomic E-state index is 3.46. The van der Waals surface area contributed by atoms with Gasteiger partial charge in [-0.25, -0.2) is 0 Å². The summed E-state index contributed by atoms with van der Waals surface area (Å²) in [6, 6.07) is 0. The van der Waals surface area contributed by atoms with Crippen molar-refractivity contribution < 1.29 is 0 Å². The maximum Gasteiger partial charge on any atom is 0.0483 e. The minimum atomic E-state index is 0.554. The standard InChI is InChI=1S/C9H18N2.C2H6/c1-11-8-10-7-9(11)5-3-2-4-6-9;1-2/h10H,2-8H2,1H3;1-2H3. The van der Waals surface area contributed by atoms with Crippen LogP contribution in [0.1, 0.15) is 46.0 Å². The van der Waals surface area contributed by atoms with E-state index in [1.54, 1.807) is 0 Å². The molecule has 2 fully saturated rings. The van der Waals surface area contributed by atoms with Gasteiger partial charge in [-0.1, -0.05) is 33.1 Å². The number of hydrogen-bond acceptors (Lipinski definition) is 2. The number of hydrogen-bond donors (Lipinski definition) is 1. The summed E-state index contributed by atoms with van der Waals surface area (Å²) in [6.07, 6.45) is 7.15. The van der Waals surface area contributed by atoms with Crippen LogP contribution < -0.4 is 5.32 Å². The molecule has 0 bridgehead atoms. The quantitative estimate of drug-likeness (QED) is 0.621. The first-order valence-electron chi connectivity index (χ1n) is 5.75. The van der Waals surface area contributed by atoms with Gasteiger partial charge in [0.25, 0.3) is 0 Å². The molecule has 0 atom stereocenters. The summed E-state index contributed by atoms with van der Waals surface area (Å²) in [6.45, 7) is 6.32. The molecule has 13 heavy (non-hydrogen) atoms. The Morgan fingerprint density at radius 3 is 2.15 bits per heavy atom. The van der Waals surface area contributed by atoms with Crippen molar-refractivity contribution in [2.45, 2.75) is 51.5 Å². The normalized spacial score (nSPS) is 27.0. The van der Waals surface area contributed by atoms with E-state index in [2.05, 4.69) is 17.3 Å². The van der Waals surface area contributed by atoms with Crippen LogP contribution in [0.25, 0.3) is 0 Å². The van der Waals surface area contributed by atoms with Crippen molar-refractivity contribution in [1.82, 2.24) is 10.2 Å². The lowest BCUT2D eigenvalue weighted by atomic mass is 9.81. The number of rotatable bonds is 0. The third kappa shape index (κ3) is 2.23. The van der Waals surface area contributed by atoms with Crippen LogP contribution in [0.5, 0.6) is 0 Å². The third-order valence-electron chi connectivity index (χ3n) is 3.40. The highest BCUT2D eigenvalue weighted by atomic mass is 15.3. The number of nitrogens with zero attached hydrogens (tertiary/aromatic N) is 1. The summed E-state index contributed by atoms with van der Waals surface area (Å²) in [7, 11) is 2.26. The Kier molecular flexibility index (Phi) is 4.20. The first-order chi connectivity index (χ1) is 6.33. The van der Waals surface area contributed by atoms with Crippen LogP contribution in [-0.4, -0.2) is 30.7 Å². The lowest BCUT2D eigenvalue weighted by Gasteiger charge is -2.38. The molecule has 2 heteroatoms. The van der Waals surface area contributed by atoms with Crippen LogP contribution in [0.3, 0.4) is 0 Å². The van der Waals surface area contributed by atoms with Crippen molar-refractivity contribution in [2.24, 2.45) is 0 Å². The van der Waals surface area contributed by atoms with Gasteiger partial charge in [0.15, 0.2) is 0 Å². The van der Waals surface area contributed by atoms with Gasteiger partial charge in [-0.05, 0) is 19.9 Å². The summed E-state index contributed by atoms with van der Waals surface area (Å²) in [5.41, 5.74) is 0.554. The fourth-order valence-corrected chi connectivity index (χ4v) is 2.53. The molecular weight excluding hydrogens is 160 g/mol. The highest BCUT2D eigenvalue weighted by Crippen LogP contribution is 2.34. The Hall–Kier alpha value is -0.0800. The Labute approximate surface area is 82.7 Å². The molecule has 1 saturated carbocycles. The molecule has 1 spiro atoms. The third-order valence-corrected chi connectivity index (χ3v) is 3.40. The second-order valence-electron chi connectivity index (χ2n) is 4.07. The predicted octanol–water partition coefficient (Wildman–Crippen LogP) is 2.21. The molecule has 1 N–H and O–H groups in total. The lowest BCUT2D eigenvalue weighted by molar-refractivity contribution is 0.131. The highest BCUT2D eigenvalue weighted by molar-refractivity contribution is 4.97. The second-order valence-corrected chi connectivity index (χ2v) is 4.07. The zero-order valence-corrected chi connectivity index (χ0v) is 9.40. The number of nitrogens with one attached hydrogen (secondary N) is 1. The van der Waals surface area contributed by atoms with Gasteiger partial charge in [0.2, 0.25) is 0 Å². The van der Waals surface area contributed by atoms with E-state index in [1.807, 2.05) is 13.8 Å². The average molecular weight is 184 g/mol. The molecule has 2 rings (SSSR count). The van der Waals surface area contributed by atoms with Crippen LogP contribution in [0.2, 0.25) is 0 Å². The van der Waals surface area contributed by atoms with Crippen molar-refractivity contribution >= 4 is 0 Å². The van der Waals surface area contributed by atoms with Crippen LogP contribution in [0.15, 0.2) is 0 Å². The lowest BCUT2D eigenvalue weighted by Crippen LogP contribution is -2.45. The van der Waals surface area contributed by atoms with E-state index in [0.29, 0.717) is 5.54 Å². The molecular formula is C11H24N2. The van der Waals surface area contributed by atoms with Gasteiger partial charge in [-0.2, -0.15) is 0 Å². The van der Waals surface area contributed by atoms with Gasteiger partial charge < -0.3 is 5.32 Å². The van der Waals surface area contributed by atoms with Crippen molar-refractivity contribution in [3.05, 3.63) is 0 Å². The Bertz CT molecular complexity index is 139. The molecule has 0 amide bonds. The maximum absolute atomic E-state index is 3.46. The van der Waals surface area contributed by atoms with Crippen molar-refractivity contribution in [3.63, 3.8) is 0 Å². The van der Waals surface area contributed by atoms with E-state index in [4.69, 9.17) is 0 Å². The molecule has 0 unspecified atom stereocenters. The summed E-state index contributed by atoms with van der Waals surface area (Å²) in [5.74, 6) is 0. The van der Waals surface area contributed by atoms with Crippen LogP contribution in [-0.2, 0) is 0 Å². The Balaban J connectivity index is 0.000000396. The van der Waals surface area contributed by atoms with E-state index in [-0.39, 0.29) is 0 Å². The fourth-order valence-electron chi connectivity index (χ4n) is 2.53. The summed E-state index contributed by atoms with van der Waals surface area (Å²) in [5, 5.41) is 3.46. The van der Waals surface area contributed by atoms with Crippen LogP contribution in [0.4, 0.5) is 0 Å². The zero-order chi connectivity index (χ0) is 9.73. The van der Waals surface area contributed by atoms with Gasteiger partial charge in [0, 0.05) is 18.8 Å². The molecule has 1 heterocycles. The Morgan fingerprint density at radius 1 is 1.08 bits per heavy atom. The minimum absolute atomic E-state index is 0.554. The van der Waals surface area contributed by atoms with Crippen LogP contribution >= 0.6 is 0 Å². The molecule has 1 aliphatic heterocycles. The largest absolute Gasteiger partial charge is 0.302 e. The van der Waals surface area contributed by atoms with Crippen molar-refractivity contribution in [1.29, 1.82) is 0 Å². The second kappa shape index (κ2) is 4.97. The molecule has 0 aromatic carbocycles. The molecule has 1 saturated heterocycles. The minimum Gasteiger partial charge on any atom is -0.302 e. The summed E-state index contributed by atoms with van der Waals surface area (Å²) in [4.78, 5) is 2.51. The smallest absolute Gasteiger partial charge is 0.0483 e. The zero-order valence-electron chi connectivity index (χ0n) is 9.40. The molecule has 0 aromatic heterocycles. The monoisotopic (exact) mass is 184 g/mol. The molecule has 0 radical (unpaired) electrons. The van der Waals surface area contributed by atoms with Crippen molar-refractivity contribution in [2.75, 3.05) is 20.3 Å². The molecule has 78 valence electrons. The van der Waals surface area contributed by atoms with Gasteiger partial charge >= 0.3 is 0 Å². The summed E-state index contributed by atoms with van der Waals surface area (Å²) >= 11 is 0. The average Bonchev–Trinajstić information content (AvgIpc) is 2.53. The Morgan fingerprint density at radius 2 is 1.69 bits per heavy atom. The molecule has 2 aliphatic rings. The van der Waals surface area contributed by atoms with E-state index >= 15 is 0 Å². The predicted molar refractivity (Wildman–Crippen MR) is 57.8 cm³/mol. The fraction of sp³-hybridized carbons (Fsp3) is 1.00. The summed E-state index contributed by atoms with van der Waals surface area (Å²) < 4.78 is 0. The SMILES string of the molecule is CC.CN1CNCC12CCCCC2. The van der Waals surface area contributed by atoms with E-state index in [1.165, 1.54) is 38.6 Å². The van der Waals surface area contributed by atoms with Crippen LogP contribution in [0, 0.1) is 0 Å². The van der Waals surface area contributed by atoms with E-state index in [9.17, 15) is 0 Å². The van der Waals surface area contributed by atoms with E-state index in [0.717, 1.165) is 6.67 Å².